The van der Waals surface area contributed by atoms with Gasteiger partial charge in [-0.25, -0.2) is 4.98 Å². The molecule has 1 fully saturated rings. The SMILES string of the molecule is CC(C)n1c(/C=C/CN(C)C)cnc1C1CC1. The molecule has 0 N–H and O–H groups in total. The summed E-state index contributed by atoms with van der Waals surface area (Å²) in [5.74, 6) is 2.00. The van der Waals surface area contributed by atoms with Gasteiger partial charge in [-0.15, -0.1) is 0 Å². The fourth-order valence-corrected chi connectivity index (χ4v) is 2.10. The van der Waals surface area contributed by atoms with Gasteiger partial charge in [-0.1, -0.05) is 6.08 Å². The normalized spacial score (nSPS) is 16.6. The molecule has 1 aliphatic rings. The average molecular weight is 233 g/mol. The van der Waals surface area contributed by atoms with E-state index in [1.54, 1.807) is 0 Å². The van der Waals surface area contributed by atoms with Crippen LogP contribution in [-0.2, 0) is 0 Å². The molecule has 1 aromatic heterocycles. The van der Waals surface area contributed by atoms with E-state index in [2.05, 4.69) is 54.5 Å². The van der Waals surface area contributed by atoms with Gasteiger partial charge < -0.3 is 9.47 Å². The Morgan fingerprint density at radius 2 is 2.18 bits per heavy atom. The number of hydrogen-bond acceptors (Lipinski definition) is 2. The Bertz CT molecular complexity index is 398. The summed E-state index contributed by atoms with van der Waals surface area (Å²) in [5, 5.41) is 0. The van der Waals surface area contributed by atoms with Crippen molar-refractivity contribution in [2.24, 2.45) is 0 Å². The van der Waals surface area contributed by atoms with Crippen LogP contribution in [0, 0.1) is 0 Å². The van der Waals surface area contributed by atoms with E-state index in [-0.39, 0.29) is 0 Å². The van der Waals surface area contributed by atoms with Crippen LogP contribution in [0.1, 0.15) is 50.2 Å². The zero-order valence-electron chi connectivity index (χ0n) is 11.3. The van der Waals surface area contributed by atoms with Crippen molar-refractivity contribution in [2.75, 3.05) is 20.6 Å². The molecule has 0 atom stereocenters. The van der Waals surface area contributed by atoms with Gasteiger partial charge in [0.1, 0.15) is 5.82 Å². The Hall–Kier alpha value is -1.09. The molecule has 0 aliphatic heterocycles. The first-order valence-electron chi connectivity index (χ1n) is 6.48. The Kier molecular flexibility index (Phi) is 3.67. The van der Waals surface area contributed by atoms with E-state index in [0.29, 0.717) is 12.0 Å². The van der Waals surface area contributed by atoms with E-state index in [4.69, 9.17) is 0 Å². The van der Waals surface area contributed by atoms with Gasteiger partial charge in [0.25, 0.3) is 0 Å². The number of hydrogen-bond donors (Lipinski definition) is 0. The lowest BCUT2D eigenvalue weighted by Crippen LogP contribution is -2.11. The van der Waals surface area contributed by atoms with Gasteiger partial charge in [0, 0.05) is 18.5 Å². The van der Waals surface area contributed by atoms with Crippen molar-refractivity contribution in [3.63, 3.8) is 0 Å². The highest BCUT2D eigenvalue weighted by molar-refractivity contribution is 5.45. The number of imidazole rings is 1. The molecule has 1 saturated carbocycles. The summed E-state index contributed by atoms with van der Waals surface area (Å²) in [4.78, 5) is 6.76. The first kappa shape index (κ1) is 12.4. The number of likely N-dealkylation sites (N-methyl/N-ethyl adjacent to an activating group) is 1. The monoisotopic (exact) mass is 233 g/mol. The maximum Gasteiger partial charge on any atom is 0.112 e. The van der Waals surface area contributed by atoms with Gasteiger partial charge in [-0.2, -0.15) is 0 Å². The van der Waals surface area contributed by atoms with Gasteiger partial charge in [-0.3, -0.25) is 0 Å². The van der Waals surface area contributed by atoms with Gasteiger partial charge in [0.15, 0.2) is 0 Å². The highest BCUT2D eigenvalue weighted by atomic mass is 15.1. The van der Waals surface area contributed by atoms with Gasteiger partial charge >= 0.3 is 0 Å². The molecule has 0 unspecified atom stereocenters. The second kappa shape index (κ2) is 5.05. The lowest BCUT2D eigenvalue weighted by Gasteiger charge is -2.14. The minimum absolute atomic E-state index is 0.493. The van der Waals surface area contributed by atoms with E-state index < -0.39 is 0 Å². The summed E-state index contributed by atoms with van der Waals surface area (Å²) < 4.78 is 2.38. The summed E-state index contributed by atoms with van der Waals surface area (Å²) in [6.07, 6.45) is 9.03. The molecule has 1 aliphatic carbocycles. The largest absolute Gasteiger partial charge is 0.326 e. The predicted molar refractivity (Wildman–Crippen MR) is 72.2 cm³/mol. The van der Waals surface area contributed by atoms with Gasteiger partial charge in [-0.05, 0) is 46.9 Å². The number of rotatable bonds is 5. The van der Waals surface area contributed by atoms with Crippen LogP contribution in [0.3, 0.4) is 0 Å². The molecule has 17 heavy (non-hydrogen) atoms. The third kappa shape index (κ3) is 2.97. The molecular weight excluding hydrogens is 210 g/mol. The third-order valence-corrected chi connectivity index (χ3v) is 3.07. The van der Waals surface area contributed by atoms with E-state index in [1.165, 1.54) is 24.4 Å². The Balaban J connectivity index is 2.18. The van der Waals surface area contributed by atoms with Crippen molar-refractivity contribution in [2.45, 2.75) is 38.6 Å². The highest BCUT2D eigenvalue weighted by Gasteiger charge is 2.29. The molecule has 0 aromatic carbocycles. The summed E-state index contributed by atoms with van der Waals surface area (Å²) in [6, 6.07) is 0.493. The lowest BCUT2D eigenvalue weighted by molar-refractivity contribution is 0.457. The van der Waals surface area contributed by atoms with Crippen LogP contribution in [0.15, 0.2) is 12.3 Å². The number of aromatic nitrogens is 2. The first-order chi connectivity index (χ1) is 8.09. The summed E-state index contributed by atoms with van der Waals surface area (Å²) in [5.41, 5.74) is 1.24. The molecule has 0 bridgehead atoms. The molecule has 1 aromatic rings. The van der Waals surface area contributed by atoms with E-state index >= 15 is 0 Å². The van der Waals surface area contributed by atoms with Crippen LogP contribution in [-0.4, -0.2) is 35.1 Å². The maximum absolute atomic E-state index is 4.60. The maximum atomic E-state index is 4.60. The Morgan fingerprint density at radius 1 is 1.47 bits per heavy atom. The van der Waals surface area contributed by atoms with Crippen LogP contribution in [0.4, 0.5) is 0 Å². The van der Waals surface area contributed by atoms with Crippen LogP contribution in [0.2, 0.25) is 0 Å². The highest BCUT2D eigenvalue weighted by Crippen LogP contribution is 2.40. The van der Waals surface area contributed by atoms with E-state index in [1.807, 2.05) is 6.20 Å². The van der Waals surface area contributed by atoms with Crippen molar-refractivity contribution >= 4 is 6.08 Å². The van der Waals surface area contributed by atoms with Crippen molar-refractivity contribution in [3.8, 4) is 0 Å². The zero-order valence-corrected chi connectivity index (χ0v) is 11.3. The van der Waals surface area contributed by atoms with E-state index in [9.17, 15) is 0 Å². The molecule has 94 valence electrons. The van der Waals surface area contributed by atoms with Crippen molar-refractivity contribution in [3.05, 3.63) is 23.8 Å². The zero-order chi connectivity index (χ0) is 12.4. The second-order valence-electron chi connectivity index (χ2n) is 5.44. The molecular formula is C14H23N3. The smallest absolute Gasteiger partial charge is 0.112 e. The minimum Gasteiger partial charge on any atom is -0.326 e. The summed E-state index contributed by atoms with van der Waals surface area (Å²) in [6.45, 7) is 5.44. The molecule has 0 saturated heterocycles. The Morgan fingerprint density at radius 3 is 2.71 bits per heavy atom. The van der Waals surface area contributed by atoms with Gasteiger partial charge in [0.05, 0.1) is 11.9 Å². The standard InChI is InChI=1S/C14H23N3/c1-11(2)17-13(6-5-9-16(3)4)10-15-14(17)12-7-8-12/h5-6,10-12H,7-9H2,1-4H3/b6-5+. The molecule has 2 rings (SSSR count). The quantitative estimate of drug-likeness (QED) is 0.779. The average Bonchev–Trinajstić information content (AvgIpc) is 2.99. The van der Waals surface area contributed by atoms with Crippen molar-refractivity contribution < 1.29 is 0 Å². The first-order valence-corrected chi connectivity index (χ1v) is 6.48. The Labute approximate surface area is 104 Å². The van der Waals surface area contributed by atoms with Gasteiger partial charge in [0.2, 0.25) is 0 Å². The molecule has 0 spiro atoms. The van der Waals surface area contributed by atoms with Crippen molar-refractivity contribution in [1.29, 1.82) is 0 Å². The van der Waals surface area contributed by atoms with Crippen LogP contribution in [0.5, 0.6) is 0 Å². The lowest BCUT2D eigenvalue weighted by atomic mass is 10.3. The van der Waals surface area contributed by atoms with Crippen LogP contribution < -0.4 is 0 Å². The predicted octanol–water partition coefficient (Wildman–Crippen LogP) is 2.92. The van der Waals surface area contributed by atoms with Crippen LogP contribution >= 0.6 is 0 Å². The van der Waals surface area contributed by atoms with Crippen molar-refractivity contribution in [1.82, 2.24) is 14.5 Å². The summed E-state index contributed by atoms with van der Waals surface area (Å²) >= 11 is 0. The summed E-state index contributed by atoms with van der Waals surface area (Å²) in [7, 11) is 4.17. The molecule has 3 heteroatoms. The molecule has 0 radical (unpaired) electrons. The minimum atomic E-state index is 0.493. The fourth-order valence-electron chi connectivity index (χ4n) is 2.10. The topological polar surface area (TPSA) is 21.1 Å². The molecule has 3 nitrogen and oxygen atoms in total. The number of nitrogens with zero attached hydrogens (tertiary/aromatic N) is 3. The second-order valence-corrected chi connectivity index (χ2v) is 5.44. The van der Waals surface area contributed by atoms with E-state index in [0.717, 1.165) is 6.54 Å². The molecule has 0 amide bonds. The third-order valence-electron chi connectivity index (χ3n) is 3.07. The van der Waals surface area contributed by atoms with Crippen LogP contribution in [0.25, 0.3) is 6.08 Å². The molecule has 1 heterocycles. The fraction of sp³-hybridized carbons (Fsp3) is 0.643.